The number of para-hydroxylation sites is 4. The normalized spacial score (nSPS) is 12.9. The Kier molecular flexibility index (Phi) is 4.82. The molecule has 5 aromatic carbocycles. The highest BCUT2D eigenvalue weighted by Crippen LogP contribution is 2.47. The predicted octanol–water partition coefficient (Wildman–Crippen LogP) is 9.53. The Morgan fingerprint density at radius 2 is 1.14 bits per heavy atom. The summed E-state index contributed by atoms with van der Waals surface area (Å²) < 4.78 is 0. The zero-order chi connectivity index (χ0) is 23.9. The lowest BCUT2D eigenvalue weighted by Gasteiger charge is -2.29. The van der Waals surface area contributed by atoms with E-state index in [1.165, 1.54) is 44.8 Å². The fourth-order valence-corrected chi connectivity index (χ4v) is 5.22. The van der Waals surface area contributed by atoms with E-state index in [4.69, 9.17) is 0 Å². The van der Waals surface area contributed by atoms with Gasteiger partial charge in [0.25, 0.3) is 0 Å². The van der Waals surface area contributed by atoms with Gasteiger partial charge in [0, 0.05) is 22.6 Å². The Labute approximate surface area is 211 Å². The van der Waals surface area contributed by atoms with Crippen LogP contribution in [0.1, 0.15) is 22.3 Å². The summed E-state index contributed by atoms with van der Waals surface area (Å²) in [6, 6.07) is 41.0. The molecule has 0 aromatic heterocycles. The van der Waals surface area contributed by atoms with Crippen molar-refractivity contribution >= 4 is 52.7 Å². The van der Waals surface area contributed by atoms with E-state index in [1.807, 2.05) is 0 Å². The second kappa shape index (κ2) is 8.44. The third-order valence-corrected chi connectivity index (χ3v) is 6.96. The molecular formula is C34H24N2. The van der Waals surface area contributed by atoms with E-state index in [1.54, 1.807) is 0 Å². The molecule has 0 spiro atoms. The molecule has 1 N–H and O–H groups in total. The first-order valence-electron chi connectivity index (χ1n) is 12.3. The fourth-order valence-electron chi connectivity index (χ4n) is 5.22. The maximum absolute atomic E-state index is 3.62. The van der Waals surface area contributed by atoms with Crippen LogP contribution in [0.2, 0.25) is 0 Å². The van der Waals surface area contributed by atoms with Gasteiger partial charge in [-0.1, -0.05) is 103 Å². The van der Waals surface area contributed by atoms with Crippen molar-refractivity contribution in [1.82, 2.24) is 0 Å². The SMILES string of the molecule is C1=Cc2cc(-c3cccc4c3N(c3ccccc3)c3ccccc3C=C4)ccc2Nc2ccccc21. The van der Waals surface area contributed by atoms with Gasteiger partial charge in [-0.05, 0) is 64.2 Å². The number of nitrogens with one attached hydrogen (secondary N) is 1. The molecule has 2 heteroatoms. The lowest BCUT2D eigenvalue weighted by molar-refractivity contribution is 1.28. The first-order valence-corrected chi connectivity index (χ1v) is 12.3. The minimum atomic E-state index is 1.12. The van der Waals surface area contributed by atoms with Crippen molar-refractivity contribution < 1.29 is 0 Å². The largest absolute Gasteiger partial charge is 0.355 e. The molecule has 7 rings (SSSR count). The van der Waals surface area contributed by atoms with Crippen LogP contribution in [0, 0.1) is 0 Å². The third-order valence-electron chi connectivity index (χ3n) is 6.96. The second-order valence-electron chi connectivity index (χ2n) is 9.15. The zero-order valence-corrected chi connectivity index (χ0v) is 19.7. The molecule has 0 fully saturated rings. The highest BCUT2D eigenvalue weighted by atomic mass is 15.1. The van der Waals surface area contributed by atoms with Gasteiger partial charge in [-0.25, -0.2) is 0 Å². The first-order chi connectivity index (χ1) is 17.8. The van der Waals surface area contributed by atoms with E-state index >= 15 is 0 Å². The topological polar surface area (TPSA) is 15.3 Å². The quantitative estimate of drug-likeness (QED) is 0.276. The van der Waals surface area contributed by atoms with E-state index < -0.39 is 0 Å². The average Bonchev–Trinajstić information content (AvgIpc) is 3.23. The molecule has 2 heterocycles. The van der Waals surface area contributed by atoms with E-state index in [0.29, 0.717) is 0 Å². The summed E-state index contributed by atoms with van der Waals surface area (Å²) in [5, 5.41) is 3.62. The molecular weight excluding hydrogens is 436 g/mol. The molecule has 0 unspecified atom stereocenters. The monoisotopic (exact) mass is 460 g/mol. The summed E-state index contributed by atoms with van der Waals surface area (Å²) in [7, 11) is 0. The number of benzene rings is 5. The Hall–Kier alpha value is -4.82. The molecule has 170 valence electrons. The van der Waals surface area contributed by atoms with Crippen molar-refractivity contribution in [3.05, 3.63) is 138 Å². The van der Waals surface area contributed by atoms with Crippen molar-refractivity contribution in [2.24, 2.45) is 0 Å². The average molecular weight is 461 g/mol. The van der Waals surface area contributed by atoms with Crippen LogP contribution in [0.4, 0.5) is 28.4 Å². The molecule has 0 atom stereocenters. The Balaban J connectivity index is 1.43. The summed E-state index contributed by atoms with van der Waals surface area (Å²) in [5.41, 5.74) is 12.9. The van der Waals surface area contributed by atoms with Gasteiger partial charge >= 0.3 is 0 Å². The van der Waals surface area contributed by atoms with E-state index in [0.717, 1.165) is 17.1 Å². The first kappa shape index (κ1) is 20.5. The van der Waals surface area contributed by atoms with Crippen LogP contribution in [0.5, 0.6) is 0 Å². The van der Waals surface area contributed by atoms with Gasteiger partial charge in [0.1, 0.15) is 0 Å². The van der Waals surface area contributed by atoms with E-state index in [-0.39, 0.29) is 0 Å². The lowest BCUT2D eigenvalue weighted by atomic mass is 9.96. The maximum atomic E-state index is 3.62. The van der Waals surface area contributed by atoms with Gasteiger partial charge in [-0.2, -0.15) is 0 Å². The lowest BCUT2D eigenvalue weighted by Crippen LogP contribution is -2.12. The molecule has 2 aliphatic rings. The van der Waals surface area contributed by atoms with Crippen molar-refractivity contribution in [3.8, 4) is 11.1 Å². The number of fused-ring (bicyclic) bond motifs is 4. The number of nitrogens with zero attached hydrogens (tertiary/aromatic N) is 1. The van der Waals surface area contributed by atoms with Crippen LogP contribution in [0.15, 0.2) is 115 Å². The summed E-state index contributed by atoms with van der Waals surface area (Å²) in [4.78, 5) is 2.40. The number of hydrogen-bond donors (Lipinski definition) is 1. The van der Waals surface area contributed by atoms with Crippen LogP contribution < -0.4 is 10.2 Å². The van der Waals surface area contributed by atoms with Crippen LogP contribution in [-0.4, -0.2) is 0 Å². The van der Waals surface area contributed by atoms with Gasteiger partial charge in [0.2, 0.25) is 0 Å². The van der Waals surface area contributed by atoms with Crippen LogP contribution in [-0.2, 0) is 0 Å². The molecule has 2 aliphatic heterocycles. The molecule has 0 aliphatic carbocycles. The third kappa shape index (κ3) is 3.43. The summed E-state index contributed by atoms with van der Waals surface area (Å²) in [6.45, 7) is 0. The van der Waals surface area contributed by atoms with Gasteiger partial charge in [0.05, 0.1) is 11.4 Å². The number of rotatable bonds is 2. The minimum Gasteiger partial charge on any atom is -0.355 e. The minimum absolute atomic E-state index is 1.12. The number of anilines is 5. The molecule has 0 saturated carbocycles. The standard InChI is InChI=1S/C34H24N2/c1-2-12-29(13-3-1)36-33-16-7-5-10-25(33)18-19-26-11-8-14-30(34(26)36)27-21-22-32-28(23-27)20-17-24-9-4-6-15-31(24)35-32/h1-23,35H. The smallest absolute Gasteiger partial charge is 0.0612 e. The summed E-state index contributed by atoms with van der Waals surface area (Å²) in [6.07, 6.45) is 8.87. The zero-order valence-electron chi connectivity index (χ0n) is 19.7. The molecule has 36 heavy (non-hydrogen) atoms. The Morgan fingerprint density at radius 3 is 2.06 bits per heavy atom. The molecule has 5 aromatic rings. The van der Waals surface area contributed by atoms with Crippen molar-refractivity contribution in [2.75, 3.05) is 10.2 Å². The maximum Gasteiger partial charge on any atom is 0.0612 e. The summed E-state index contributed by atoms with van der Waals surface area (Å²) >= 11 is 0. The van der Waals surface area contributed by atoms with Gasteiger partial charge in [-0.3, -0.25) is 0 Å². The van der Waals surface area contributed by atoms with Crippen molar-refractivity contribution in [3.63, 3.8) is 0 Å². The molecule has 2 nitrogen and oxygen atoms in total. The van der Waals surface area contributed by atoms with Crippen LogP contribution >= 0.6 is 0 Å². The highest BCUT2D eigenvalue weighted by Gasteiger charge is 2.23. The van der Waals surface area contributed by atoms with Gasteiger partial charge in [0.15, 0.2) is 0 Å². The van der Waals surface area contributed by atoms with E-state index in [2.05, 4.69) is 150 Å². The Bertz CT molecular complexity index is 1660. The van der Waals surface area contributed by atoms with E-state index in [9.17, 15) is 0 Å². The fraction of sp³-hybridized carbons (Fsp3) is 0. The van der Waals surface area contributed by atoms with Crippen LogP contribution in [0.3, 0.4) is 0 Å². The second-order valence-corrected chi connectivity index (χ2v) is 9.15. The summed E-state index contributed by atoms with van der Waals surface area (Å²) in [5.74, 6) is 0. The molecule has 0 radical (unpaired) electrons. The van der Waals surface area contributed by atoms with Crippen molar-refractivity contribution in [2.45, 2.75) is 0 Å². The molecule has 0 bridgehead atoms. The Morgan fingerprint density at radius 1 is 0.472 bits per heavy atom. The van der Waals surface area contributed by atoms with Crippen LogP contribution in [0.25, 0.3) is 35.4 Å². The van der Waals surface area contributed by atoms with Crippen molar-refractivity contribution in [1.29, 1.82) is 0 Å². The van der Waals surface area contributed by atoms with Gasteiger partial charge in [-0.15, -0.1) is 0 Å². The number of hydrogen-bond acceptors (Lipinski definition) is 2. The highest BCUT2D eigenvalue weighted by molar-refractivity contribution is 6.00. The molecule has 0 saturated heterocycles. The van der Waals surface area contributed by atoms with Gasteiger partial charge < -0.3 is 10.2 Å². The predicted molar refractivity (Wildman–Crippen MR) is 154 cm³/mol. The molecule has 0 amide bonds.